The normalized spacial score (nSPS) is 41.2. The highest BCUT2D eigenvalue weighted by Crippen LogP contribution is 2.49. The Morgan fingerprint density at radius 1 is 0.870 bits per heavy atom. The molecule has 4 saturated heterocycles. The molecular formula is C21H44N2. The number of piperidine rings is 3. The molecule has 0 amide bonds. The Morgan fingerprint density at radius 2 is 1.43 bits per heavy atom. The molecule has 1 aliphatic carbocycles. The van der Waals surface area contributed by atoms with Gasteiger partial charge in [-0.05, 0) is 69.9 Å². The Labute approximate surface area is 147 Å². The zero-order valence-electron chi connectivity index (χ0n) is 17.4. The first kappa shape index (κ1) is 21.0. The van der Waals surface area contributed by atoms with Crippen LogP contribution in [0.5, 0.6) is 0 Å². The molecule has 4 heterocycles. The molecule has 5 aliphatic rings. The fourth-order valence-electron chi connectivity index (χ4n) is 5.47. The van der Waals surface area contributed by atoms with Gasteiger partial charge >= 0.3 is 0 Å². The molecule has 5 rings (SSSR count). The maximum atomic E-state index is 2.61. The molecule has 1 saturated carbocycles. The van der Waals surface area contributed by atoms with Gasteiger partial charge in [-0.3, -0.25) is 0 Å². The number of nitrogens with zero attached hydrogens (tertiary/aromatic N) is 2. The van der Waals surface area contributed by atoms with Gasteiger partial charge in [-0.15, -0.1) is 0 Å². The molecule has 0 aromatic carbocycles. The lowest BCUT2D eigenvalue weighted by molar-refractivity contribution is -0.0359. The highest BCUT2D eigenvalue weighted by molar-refractivity contribution is 4.97. The second kappa shape index (κ2) is 9.42. The van der Waals surface area contributed by atoms with Crippen molar-refractivity contribution < 1.29 is 0 Å². The van der Waals surface area contributed by atoms with Crippen LogP contribution in [0, 0.1) is 17.3 Å². The Kier molecular flexibility index (Phi) is 8.58. The van der Waals surface area contributed by atoms with Gasteiger partial charge < -0.3 is 9.80 Å². The Morgan fingerprint density at radius 3 is 1.87 bits per heavy atom. The van der Waals surface area contributed by atoms with Crippen LogP contribution in [0.15, 0.2) is 0 Å². The highest BCUT2D eigenvalue weighted by atomic mass is 15.2. The molecule has 0 aromatic heterocycles. The fraction of sp³-hybridized carbons (Fsp3) is 1.00. The summed E-state index contributed by atoms with van der Waals surface area (Å²) >= 11 is 0. The summed E-state index contributed by atoms with van der Waals surface area (Å²) in [4.78, 5) is 5.08. The van der Waals surface area contributed by atoms with Crippen LogP contribution in [0.1, 0.15) is 80.1 Å². The molecular weight excluding hydrogens is 280 g/mol. The first-order chi connectivity index (χ1) is 11.0. The van der Waals surface area contributed by atoms with Crippen molar-refractivity contribution in [1.29, 1.82) is 0 Å². The van der Waals surface area contributed by atoms with Crippen LogP contribution in [0.2, 0.25) is 0 Å². The third-order valence-corrected chi connectivity index (χ3v) is 6.29. The summed E-state index contributed by atoms with van der Waals surface area (Å²) in [5.74, 6) is 2.01. The summed E-state index contributed by atoms with van der Waals surface area (Å²) in [7, 11) is 4.54. The van der Waals surface area contributed by atoms with Gasteiger partial charge in [-0.1, -0.05) is 41.5 Å². The van der Waals surface area contributed by atoms with E-state index in [1.54, 1.807) is 0 Å². The zero-order chi connectivity index (χ0) is 17.6. The number of hydrogen-bond donors (Lipinski definition) is 0. The molecule has 0 aromatic rings. The standard InChI is InChI=1S/C9H17N.C8H15N.2C2H6/c1-7-3-4-8-5-6-9(7)10(8)2;1-8-3-7(4-8)5-9(2)6-8;2*1-2/h7-9H,3-6H2,1-2H3;7H,3-6H2,1-2H3;2*1-2H3. The lowest BCUT2D eigenvalue weighted by Crippen LogP contribution is -2.53. The minimum atomic E-state index is 0.720. The van der Waals surface area contributed by atoms with Gasteiger partial charge in [0.15, 0.2) is 0 Å². The zero-order valence-corrected chi connectivity index (χ0v) is 17.4. The van der Waals surface area contributed by atoms with Crippen LogP contribution in [0.25, 0.3) is 0 Å². The van der Waals surface area contributed by atoms with Crippen LogP contribution in [-0.4, -0.2) is 49.1 Å². The molecule has 4 aliphatic heterocycles. The molecule has 4 bridgehead atoms. The van der Waals surface area contributed by atoms with E-state index in [1.165, 1.54) is 51.6 Å². The summed E-state index contributed by atoms with van der Waals surface area (Å²) in [5.41, 5.74) is 0.720. The molecule has 2 heteroatoms. The van der Waals surface area contributed by atoms with Gasteiger partial charge in [0.2, 0.25) is 0 Å². The third kappa shape index (κ3) is 5.19. The van der Waals surface area contributed by atoms with Gasteiger partial charge in [0.1, 0.15) is 0 Å². The molecule has 3 atom stereocenters. The van der Waals surface area contributed by atoms with E-state index in [4.69, 9.17) is 0 Å². The summed E-state index contributed by atoms with van der Waals surface area (Å²) in [6.45, 7) is 15.5. The Bertz CT molecular complexity index is 319. The lowest BCUT2D eigenvalue weighted by atomic mass is 9.60. The molecule has 2 nitrogen and oxygen atoms in total. The van der Waals surface area contributed by atoms with Crippen LogP contribution in [-0.2, 0) is 0 Å². The predicted molar refractivity (Wildman–Crippen MR) is 104 cm³/mol. The first-order valence-electron chi connectivity index (χ1n) is 10.4. The van der Waals surface area contributed by atoms with Crippen LogP contribution >= 0.6 is 0 Å². The second-order valence-electron chi connectivity index (χ2n) is 8.30. The number of hydrogen-bond acceptors (Lipinski definition) is 2. The SMILES string of the molecule is CC.CC.CC1CCC2CCC1N2C.CN1CC2CC(C)(C2)C1. The molecule has 0 radical (unpaired) electrons. The summed E-state index contributed by atoms with van der Waals surface area (Å²) in [6.07, 6.45) is 8.84. The number of fused-ring (bicyclic) bond motifs is 4. The third-order valence-electron chi connectivity index (χ3n) is 6.29. The van der Waals surface area contributed by atoms with Crippen molar-refractivity contribution in [1.82, 2.24) is 9.80 Å². The van der Waals surface area contributed by atoms with Gasteiger partial charge in [0, 0.05) is 25.2 Å². The summed E-state index contributed by atoms with van der Waals surface area (Å²) in [5, 5.41) is 0. The average molecular weight is 325 g/mol. The lowest BCUT2D eigenvalue weighted by Gasteiger charge is -2.54. The van der Waals surface area contributed by atoms with Gasteiger partial charge in [-0.2, -0.15) is 0 Å². The van der Waals surface area contributed by atoms with Crippen LogP contribution in [0.4, 0.5) is 0 Å². The van der Waals surface area contributed by atoms with Crippen molar-refractivity contribution in [2.24, 2.45) is 17.3 Å². The molecule has 0 spiro atoms. The largest absolute Gasteiger partial charge is 0.306 e. The van der Waals surface area contributed by atoms with E-state index in [1.807, 2.05) is 27.7 Å². The van der Waals surface area contributed by atoms with Crippen molar-refractivity contribution in [3.8, 4) is 0 Å². The Balaban J connectivity index is 0.000000190. The van der Waals surface area contributed by atoms with Gasteiger partial charge in [-0.25, -0.2) is 0 Å². The first-order valence-corrected chi connectivity index (χ1v) is 10.4. The van der Waals surface area contributed by atoms with Crippen molar-refractivity contribution in [3.05, 3.63) is 0 Å². The van der Waals surface area contributed by atoms with E-state index in [-0.39, 0.29) is 0 Å². The number of rotatable bonds is 0. The molecule has 5 fully saturated rings. The molecule has 138 valence electrons. The molecule has 3 unspecified atom stereocenters. The topological polar surface area (TPSA) is 6.48 Å². The van der Waals surface area contributed by atoms with Crippen molar-refractivity contribution in [2.75, 3.05) is 27.2 Å². The summed E-state index contributed by atoms with van der Waals surface area (Å²) in [6, 6.07) is 1.87. The maximum Gasteiger partial charge on any atom is 0.0121 e. The van der Waals surface area contributed by atoms with E-state index in [2.05, 4.69) is 37.7 Å². The predicted octanol–water partition coefficient (Wildman–Crippen LogP) is 5.28. The highest BCUT2D eigenvalue weighted by Gasteiger charge is 2.45. The fourth-order valence-corrected chi connectivity index (χ4v) is 5.47. The van der Waals surface area contributed by atoms with E-state index in [0.29, 0.717) is 0 Å². The van der Waals surface area contributed by atoms with E-state index < -0.39 is 0 Å². The van der Waals surface area contributed by atoms with Crippen LogP contribution < -0.4 is 0 Å². The van der Waals surface area contributed by atoms with E-state index >= 15 is 0 Å². The van der Waals surface area contributed by atoms with Crippen molar-refractivity contribution in [2.45, 2.75) is 92.2 Å². The minimum absolute atomic E-state index is 0.720. The van der Waals surface area contributed by atoms with E-state index in [0.717, 1.165) is 29.3 Å². The second-order valence-corrected chi connectivity index (χ2v) is 8.30. The maximum absolute atomic E-state index is 2.61. The van der Waals surface area contributed by atoms with Gasteiger partial charge in [0.05, 0.1) is 0 Å². The molecule has 23 heavy (non-hydrogen) atoms. The monoisotopic (exact) mass is 324 g/mol. The minimum Gasteiger partial charge on any atom is -0.306 e. The van der Waals surface area contributed by atoms with Crippen molar-refractivity contribution >= 4 is 0 Å². The van der Waals surface area contributed by atoms with Crippen LogP contribution in [0.3, 0.4) is 0 Å². The Hall–Kier alpha value is -0.0800. The van der Waals surface area contributed by atoms with Gasteiger partial charge in [0.25, 0.3) is 0 Å². The van der Waals surface area contributed by atoms with Crippen molar-refractivity contribution in [3.63, 3.8) is 0 Å². The van der Waals surface area contributed by atoms with E-state index in [9.17, 15) is 0 Å². The average Bonchev–Trinajstić information content (AvgIpc) is 2.76. The summed E-state index contributed by atoms with van der Waals surface area (Å²) < 4.78 is 0. The smallest absolute Gasteiger partial charge is 0.0121 e. The quantitative estimate of drug-likeness (QED) is 0.598. The molecule has 0 N–H and O–H groups in total.